The van der Waals surface area contributed by atoms with Crippen LogP contribution in [0.2, 0.25) is 0 Å². The fourth-order valence-corrected chi connectivity index (χ4v) is 5.15. The maximum Gasteiger partial charge on any atom is 0.251 e. The number of hydrogen-bond acceptors (Lipinski definition) is 4. The molecule has 0 bridgehead atoms. The molecule has 1 aliphatic heterocycles. The van der Waals surface area contributed by atoms with E-state index in [4.69, 9.17) is 0 Å². The van der Waals surface area contributed by atoms with E-state index >= 15 is 0 Å². The van der Waals surface area contributed by atoms with E-state index in [1.165, 1.54) is 0 Å². The molecular weight excluding hydrogens is 352 g/mol. The van der Waals surface area contributed by atoms with Gasteiger partial charge in [0, 0.05) is 23.6 Å². The van der Waals surface area contributed by atoms with Crippen molar-refractivity contribution in [2.45, 2.75) is 42.7 Å². The van der Waals surface area contributed by atoms with Crippen LogP contribution in [0.1, 0.15) is 41.6 Å². The summed E-state index contributed by atoms with van der Waals surface area (Å²) in [5.41, 5.74) is 0.257. The lowest BCUT2D eigenvalue weighted by Gasteiger charge is -2.57. The molecule has 28 heavy (non-hydrogen) atoms. The van der Waals surface area contributed by atoms with E-state index in [-0.39, 0.29) is 17.7 Å². The standard InChI is InChI=1S/C23H28N2O3/c1-25-13-12-22(18-8-5-9-20(26)14-18)15-19(10-11-23(22,28)16-25)24-21(27)17-6-3-2-4-7-17/h2-9,14,19,26,28H,10-13,15-16H2,1H3,(H,24,27)/t19-,22-,23-/m0/s1. The van der Waals surface area contributed by atoms with E-state index in [2.05, 4.69) is 10.2 Å². The molecule has 1 saturated heterocycles. The summed E-state index contributed by atoms with van der Waals surface area (Å²) >= 11 is 0. The third-order valence-electron chi connectivity index (χ3n) is 6.61. The number of phenols is 1. The Hall–Kier alpha value is -2.37. The number of likely N-dealkylation sites (tertiary alicyclic amines) is 1. The molecule has 5 nitrogen and oxygen atoms in total. The highest BCUT2D eigenvalue weighted by Crippen LogP contribution is 2.51. The number of aliphatic hydroxyl groups is 1. The minimum Gasteiger partial charge on any atom is -0.508 e. The maximum atomic E-state index is 12.7. The summed E-state index contributed by atoms with van der Waals surface area (Å²) in [5, 5.41) is 24.9. The minimum atomic E-state index is -0.873. The number of carbonyl (C=O) groups excluding carboxylic acids is 1. The van der Waals surface area contributed by atoms with Gasteiger partial charge in [0.15, 0.2) is 0 Å². The number of piperidine rings is 1. The Morgan fingerprint density at radius 1 is 1.14 bits per heavy atom. The Morgan fingerprint density at radius 2 is 1.93 bits per heavy atom. The molecule has 2 aromatic carbocycles. The van der Waals surface area contributed by atoms with Gasteiger partial charge in [0.2, 0.25) is 0 Å². The van der Waals surface area contributed by atoms with Crippen molar-refractivity contribution < 1.29 is 15.0 Å². The van der Waals surface area contributed by atoms with Crippen LogP contribution in [-0.2, 0) is 5.41 Å². The zero-order chi connectivity index (χ0) is 19.8. The van der Waals surface area contributed by atoms with Gasteiger partial charge in [-0.3, -0.25) is 4.79 Å². The number of nitrogens with one attached hydrogen (secondary N) is 1. The quantitative estimate of drug-likeness (QED) is 0.766. The summed E-state index contributed by atoms with van der Waals surface area (Å²) in [6.45, 7) is 1.47. The molecule has 0 spiro atoms. The molecule has 0 unspecified atom stereocenters. The predicted octanol–water partition coefficient (Wildman–Crippen LogP) is 2.68. The number of hydrogen-bond donors (Lipinski definition) is 3. The van der Waals surface area contributed by atoms with Gasteiger partial charge in [-0.1, -0.05) is 30.3 Å². The Morgan fingerprint density at radius 3 is 2.68 bits per heavy atom. The normalized spacial score (nSPS) is 30.4. The first-order chi connectivity index (χ1) is 13.4. The fourth-order valence-electron chi connectivity index (χ4n) is 5.15. The van der Waals surface area contributed by atoms with Gasteiger partial charge in [0.05, 0.1) is 5.60 Å². The molecule has 4 rings (SSSR count). The molecule has 2 fully saturated rings. The van der Waals surface area contributed by atoms with Crippen LogP contribution < -0.4 is 5.32 Å². The van der Waals surface area contributed by atoms with E-state index in [0.29, 0.717) is 24.9 Å². The fraction of sp³-hybridized carbons (Fsp3) is 0.435. The number of nitrogens with zero attached hydrogens (tertiary/aromatic N) is 1. The smallest absolute Gasteiger partial charge is 0.251 e. The van der Waals surface area contributed by atoms with Crippen molar-refractivity contribution >= 4 is 5.91 Å². The van der Waals surface area contributed by atoms with E-state index < -0.39 is 11.0 Å². The average molecular weight is 380 g/mol. The van der Waals surface area contributed by atoms with Crippen molar-refractivity contribution in [3.63, 3.8) is 0 Å². The molecule has 148 valence electrons. The SMILES string of the molecule is CN1CC[C@@]2(c3cccc(O)c3)C[C@@H](NC(=O)c3ccccc3)CC[C@]2(O)C1. The second kappa shape index (κ2) is 7.22. The molecule has 1 aliphatic carbocycles. The van der Waals surface area contributed by atoms with Gasteiger partial charge in [-0.2, -0.15) is 0 Å². The Balaban J connectivity index is 1.64. The predicted molar refractivity (Wildman–Crippen MR) is 108 cm³/mol. The number of fused-ring (bicyclic) bond motifs is 1. The molecule has 5 heteroatoms. The monoisotopic (exact) mass is 380 g/mol. The molecular formula is C23H28N2O3. The van der Waals surface area contributed by atoms with Crippen LogP contribution in [-0.4, -0.2) is 52.8 Å². The first-order valence-corrected chi connectivity index (χ1v) is 9.98. The molecule has 1 heterocycles. The van der Waals surface area contributed by atoms with Crippen LogP contribution >= 0.6 is 0 Å². The van der Waals surface area contributed by atoms with Crippen LogP contribution in [0, 0.1) is 0 Å². The average Bonchev–Trinajstić information content (AvgIpc) is 2.69. The topological polar surface area (TPSA) is 72.8 Å². The summed E-state index contributed by atoms with van der Waals surface area (Å²) in [6, 6.07) is 16.5. The molecule has 3 atom stereocenters. The minimum absolute atomic E-state index is 0.0151. The number of likely N-dealkylation sites (N-methyl/N-ethyl adjacent to an activating group) is 1. The van der Waals surface area contributed by atoms with Crippen molar-refractivity contribution in [3.8, 4) is 5.75 Å². The second-order valence-corrected chi connectivity index (χ2v) is 8.43. The van der Waals surface area contributed by atoms with Crippen LogP contribution in [0.3, 0.4) is 0 Å². The molecule has 1 amide bonds. The zero-order valence-electron chi connectivity index (χ0n) is 16.3. The van der Waals surface area contributed by atoms with Crippen LogP contribution in [0.5, 0.6) is 5.75 Å². The van der Waals surface area contributed by atoms with Crippen LogP contribution in [0.15, 0.2) is 54.6 Å². The number of β-amino-alcohol motifs (C(OH)–C–C–N with tert-alkyl or cyclic N) is 1. The number of carbonyl (C=O) groups is 1. The van der Waals surface area contributed by atoms with Crippen molar-refractivity contribution in [1.29, 1.82) is 0 Å². The van der Waals surface area contributed by atoms with E-state index in [1.54, 1.807) is 12.1 Å². The highest BCUT2D eigenvalue weighted by molar-refractivity contribution is 5.94. The molecule has 2 aliphatic rings. The van der Waals surface area contributed by atoms with E-state index in [9.17, 15) is 15.0 Å². The largest absolute Gasteiger partial charge is 0.508 e. The van der Waals surface area contributed by atoms with Crippen molar-refractivity contribution in [1.82, 2.24) is 10.2 Å². The second-order valence-electron chi connectivity index (χ2n) is 8.43. The molecule has 0 radical (unpaired) electrons. The summed E-state index contributed by atoms with van der Waals surface area (Å²) in [6.07, 6.45) is 2.82. The lowest BCUT2D eigenvalue weighted by atomic mass is 9.55. The summed E-state index contributed by atoms with van der Waals surface area (Å²) in [4.78, 5) is 14.8. The third kappa shape index (κ3) is 3.29. The first-order valence-electron chi connectivity index (χ1n) is 9.98. The number of aromatic hydroxyl groups is 1. The lowest BCUT2D eigenvalue weighted by Crippen LogP contribution is -2.66. The van der Waals surface area contributed by atoms with Gasteiger partial charge >= 0.3 is 0 Å². The number of rotatable bonds is 3. The first kappa shape index (κ1) is 19.0. The zero-order valence-corrected chi connectivity index (χ0v) is 16.3. The van der Waals surface area contributed by atoms with Crippen molar-refractivity contribution in [2.24, 2.45) is 0 Å². The van der Waals surface area contributed by atoms with Crippen LogP contribution in [0.4, 0.5) is 0 Å². The molecule has 0 aromatic heterocycles. The van der Waals surface area contributed by atoms with E-state index in [0.717, 1.165) is 24.9 Å². The Kier molecular flexibility index (Phi) is 4.89. The molecule has 3 N–H and O–H groups in total. The number of phenolic OH excluding ortho intramolecular Hbond substituents is 1. The number of amides is 1. The van der Waals surface area contributed by atoms with E-state index in [1.807, 2.05) is 49.5 Å². The van der Waals surface area contributed by atoms with Gasteiger partial charge in [0.25, 0.3) is 5.91 Å². The van der Waals surface area contributed by atoms with Gasteiger partial charge in [-0.15, -0.1) is 0 Å². The van der Waals surface area contributed by atoms with Crippen molar-refractivity contribution in [2.75, 3.05) is 20.1 Å². The van der Waals surface area contributed by atoms with Gasteiger partial charge in [0.1, 0.15) is 5.75 Å². The Labute approximate surface area is 166 Å². The summed E-state index contributed by atoms with van der Waals surface area (Å²) in [7, 11) is 2.04. The van der Waals surface area contributed by atoms with Gasteiger partial charge < -0.3 is 20.4 Å². The maximum absolute atomic E-state index is 12.7. The van der Waals surface area contributed by atoms with Gasteiger partial charge in [-0.25, -0.2) is 0 Å². The van der Waals surface area contributed by atoms with Gasteiger partial charge in [-0.05, 0) is 69.1 Å². The third-order valence-corrected chi connectivity index (χ3v) is 6.61. The van der Waals surface area contributed by atoms with Crippen LogP contribution in [0.25, 0.3) is 0 Å². The summed E-state index contributed by atoms with van der Waals surface area (Å²) < 4.78 is 0. The highest BCUT2D eigenvalue weighted by Gasteiger charge is 2.57. The van der Waals surface area contributed by atoms with Crippen molar-refractivity contribution in [3.05, 3.63) is 65.7 Å². The molecule has 2 aromatic rings. The summed E-state index contributed by atoms with van der Waals surface area (Å²) in [5.74, 6) is 0.138. The Bertz CT molecular complexity index is 856. The molecule has 1 saturated carbocycles. The lowest BCUT2D eigenvalue weighted by molar-refractivity contribution is -0.121. The highest BCUT2D eigenvalue weighted by atomic mass is 16.3. The number of benzene rings is 2.